The first kappa shape index (κ1) is 17.0. The van der Waals surface area contributed by atoms with E-state index in [0.717, 1.165) is 11.1 Å². The Hall–Kier alpha value is -3.48. The molecule has 0 amide bonds. The number of hydrogen-bond donors (Lipinski definition) is 0. The summed E-state index contributed by atoms with van der Waals surface area (Å²) in [5.74, 6) is 0.176. The van der Waals surface area contributed by atoms with Crippen molar-refractivity contribution in [1.29, 1.82) is 0 Å². The first-order chi connectivity index (χ1) is 13.0. The van der Waals surface area contributed by atoms with Crippen molar-refractivity contribution in [2.24, 2.45) is 0 Å². The zero-order valence-corrected chi connectivity index (χ0v) is 15.1. The van der Waals surface area contributed by atoms with Crippen molar-refractivity contribution in [2.75, 3.05) is 0 Å². The second-order valence-corrected chi connectivity index (χ2v) is 6.29. The molecule has 0 spiro atoms. The molecule has 0 aliphatic rings. The quantitative estimate of drug-likeness (QED) is 0.541. The van der Waals surface area contributed by atoms with Gasteiger partial charge >= 0.3 is 0 Å². The molecule has 4 heterocycles. The second-order valence-electron chi connectivity index (χ2n) is 6.29. The predicted molar refractivity (Wildman–Crippen MR) is 98.2 cm³/mol. The minimum absolute atomic E-state index is 0.255. The van der Waals surface area contributed by atoms with E-state index < -0.39 is 0 Å². The van der Waals surface area contributed by atoms with Crippen LogP contribution >= 0.6 is 0 Å². The fourth-order valence-corrected chi connectivity index (χ4v) is 2.80. The third-order valence-electron chi connectivity index (χ3n) is 4.24. The first-order valence-electron chi connectivity index (χ1n) is 8.38. The number of nitrogens with zero attached hydrogens (tertiary/aromatic N) is 5. The molecule has 0 atom stereocenters. The van der Waals surface area contributed by atoms with Gasteiger partial charge in [-0.25, -0.2) is 9.37 Å². The van der Waals surface area contributed by atoms with E-state index in [2.05, 4.69) is 25.1 Å². The lowest BCUT2D eigenvalue weighted by molar-refractivity contribution is 0.430. The maximum Gasteiger partial charge on any atom is 0.276 e. The largest absolute Gasteiger partial charge is 0.332 e. The highest BCUT2D eigenvalue weighted by molar-refractivity contribution is 5.71. The molecule has 0 radical (unpaired) electrons. The minimum Gasteiger partial charge on any atom is -0.332 e. The number of aryl methyl sites for hydroxylation is 3. The van der Waals surface area contributed by atoms with Gasteiger partial charge in [-0.1, -0.05) is 5.16 Å². The van der Waals surface area contributed by atoms with E-state index >= 15 is 0 Å². The topological polar surface area (TPSA) is 77.6 Å². The number of halogens is 1. The summed E-state index contributed by atoms with van der Waals surface area (Å²) in [6.45, 7) is 5.47. The van der Waals surface area contributed by atoms with Crippen LogP contribution in [-0.4, -0.2) is 25.1 Å². The van der Waals surface area contributed by atoms with Crippen LogP contribution in [0.3, 0.4) is 0 Å². The summed E-state index contributed by atoms with van der Waals surface area (Å²) >= 11 is 0. The molecule has 6 nitrogen and oxygen atoms in total. The monoisotopic (exact) mass is 361 g/mol. The smallest absolute Gasteiger partial charge is 0.276 e. The molecule has 134 valence electrons. The van der Waals surface area contributed by atoms with Crippen LogP contribution in [0.2, 0.25) is 0 Å². The molecular weight excluding hydrogens is 345 g/mol. The summed E-state index contributed by atoms with van der Waals surface area (Å²) in [6, 6.07) is 7.18. The second kappa shape index (κ2) is 6.68. The fourth-order valence-electron chi connectivity index (χ4n) is 2.80. The van der Waals surface area contributed by atoms with Crippen LogP contribution in [-0.2, 0) is 0 Å². The molecule has 0 saturated heterocycles. The molecule has 4 aromatic rings. The Morgan fingerprint density at radius 1 is 0.926 bits per heavy atom. The molecule has 4 rings (SSSR count). The molecule has 0 N–H and O–H groups in total. The van der Waals surface area contributed by atoms with Gasteiger partial charge in [0.05, 0.1) is 5.69 Å². The van der Waals surface area contributed by atoms with Crippen molar-refractivity contribution >= 4 is 0 Å². The SMILES string of the molecule is Cc1ccnc(-c2nc(-c3cc(-c4cnccc4C)c(F)c(C)n3)no2)c1. The zero-order chi connectivity index (χ0) is 19.0. The molecule has 0 aliphatic carbocycles. The molecule has 4 aromatic heterocycles. The van der Waals surface area contributed by atoms with Crippen LogP contribution < -0.4 is 0 Å². The highest BCUT2D eigenvalue weighted by atomic mass is 19.1. The summed E-state index contributed by atoms with van der Waals surface area (Å²) in [4.78, 5) is 17.0. The van der Waals surface area contributed by atoms with Crippen molar-refractivity contribution in [3.63, 3.8) is 0 Å². The van der Waals surface area contributed by atoms with E-state index in [1.54, 1.807) is 31.6 Å². The summed E-state index contributed by atoms with van der Waals surface area (Å²) in [5.41, 5.74) is 4.31. The fraction of sp³-hybridized carbons (Fsp3) is 0.150. The molecule has 0 fully saturated rings. The Morgan fingerprint density at radius 3 is 2.56 bits per heavy atom. The third kappa shape index (κ3) is 3.19. The number of hydrogen-bond acceptors (Lipinski definition) is 6. The lowest BCUT2D eigenvalue weighted by atomic mass is 10.0. The maximum atomic E-state index is 14.7. The Bertz CT molecular complexity index is 1140. The zero-order valence-electron chi connectivity index (χ0n) is 15.1. The predicted octanol–water partition coefficient (Wildman–Crippen LogP) is 4.32. The standard InChI is InChI=1S/C20H16FN5O/c1-11-4-7-23-17(8-11)20-25-19(26-27-20)16-9-14(18(21)13(3)24-16)15-10-22-6-5-12(15)2/h4-10H,1-3H3. The van der Waals surface area contributed by atoms with Crippen LogP contribution in [0, 0.1) is 26.6 Å². The van der Waals surface area contributed by atoms with Crippen LogP contribution in [0.4, 0.5) is 4.39 Å². The molecule has 0 aromatic carbocycles. The van der Waals surface area contributed by atoms with Gasteiger partial charge in [-0.2, -0.15) is 4.98 Å². The molecule has 0 aliphatic heterocycles. The van der Waals surface area contributed by atoms with Gasteiger partial charge in [0.15, 0.2) is 5.82 Å². The molecule has 0 bridgehead atoms. The average Bonchev–Trinajstić information content (AvgIpc) is 3.15. The van der Waals surface area contributed by atoms with Crippen molar-refractivity contribution in [1.82, 2.24) is 25.1 Å². The van der Waals surface area contributed by atoms with E-state index in [4.69, 9.17) is 4.52 Å². The molecule has 0 unspecified atom stereocenters. The van der Waals surface area contributed by atoms with Gasteiger partial charge in [0, 0.05) is 29.7 Å². The average molecular weight is 361 g/mol. The minimum atomic E-state index is -0.390. The van der Waals surface area contributed by atoms with Crippen LogP contribution in [0.15, 0.2) is 47.4 Å². The third-order valence-corrected chi connectivity index (χ3v) is 4.24. The first-order valence-corrected chi connectivity index (χ1v) is 8.38. The summed E-state index contributed by atoms with van der Waals surface area (Å²) < 4.78 is 20.0. The van der Waals surface area contributed by atoms with Crippen LogP contribution in [0.25, 0.3) is 34.2 Å². The van der Waals surface area contributed by atoms with Crippen LogP contribution in [0.5, 0.6) is 0 Å². The Balaban J connectivity index is 1.81. The molecule has 0 saturated carbocycles. The van der Waals surface area contributed by atoms with E-state index in [-0.39, 0.29) is 23.2 Å². The van der Waals surface area contributed by atoms with Crippen molar-refractivity contribution in [2.45, 2.75) is 20.8 Å². The Labute approximate surface area is 155 Å². The van der Waals surface area contributed by atoms with Crippen molar-refractivity contribution in [3.8, 4) is 34.2 Å². The summed E-state index contributed by atoms with van der Waals surface area (Å²) in [5, 5.41) is 3.99. The summed E-state index contributed by atoms with van der Waals surface area (Å²) in [6.07, 6.45) is 4.99. The van der Waals surface area contributed by atoms with Gasteiger partial charge in [0.25, 0.3) is 5.89 Å². The van der Waals surface area contributed by atoms with Gasteiger partial charge in [0.2, 0.25) is 5.82 Å². The normalized spacial score (nSPS) is 11.0. The van der Waals surface area contributed by atoms with Gasteiger partial charge in [0.1, 0.15) is 11.4 Å². The van der Waals surface area contributed by atoms with Gasteiger partial charge in [-0.05, 0) is 56.2 Å². The van der Waals surface area contributed by atoms with E-state index in [0.29, 0.717) is 22.5 Å². The lowest BCUT2D eigenvalue weighted by Gasteiger charge is -2.09. The number of pyridine rings is 3. The van der Waals surface area contributed by atoms with E-state index in [9.17, 15) is 4.39 Å². The highest BCUT2D eigenvalue weighted by Crippen LogP contribution is 2.30. The molecular formula is C20H16FN5O. The number of rotatable bonds is 3. The Morgan fingerprint density at radius 2 is 1.78 bits per heavy atom. The Kier molecular flexibility index (Phi) is 4.19. The molecule has 7 heteroatoms. The van der Waals surface area contributed by atoms with Crippen LogP contribution in [0.1, 0.15) is 16.8 Å². The maximum absolute atomic E-state index is 14.7. The van der Waals surface area contributed by atoms with Gasteiger partial charge < -0.3 is 4.52 Å². The van der Waals surface area contributed by atoms with Crippen molar-refractivity contribution < 1.29 is 8.91 Å². The molecule has 27 heavy (non-hydrogen) atoms. The summed E-state index contributed by atoms with van der Waals surface area (Å²) in [7, 11) is 0. The highest BCUT2D eigenvalue weighted by Gasteiger charge is 2.18. The van der Waals surface area contributed by atoms with Gasteiger partial charge in [-0.15, -0.1) is 0 Å². The van der Waals surface area contributed by atoms with Gasteiger partial charge in [-0.3, -0.25) is 9.97 Å². The number of aromatic nitrogens is 5. The lowest BCUT2D eigenvalue weighted by Crippen LogP contribution is -1.98. The van der Waals surface area contributed by atoms with E-state index in [1.165, 1.54) is 0 Å². The van der Waals surface area contributed by atoms with Crippen molar-refractivity contribution in [3.05, 3.63) is 65.5 Å². The van der Waals surface area contributed by atoms with E-state index in [1.807, 2.05) is 32.0 Å².